The Morgan fingerprint density at radius 3 is 2.38 bits per heavy atom. The molecule has 0 unspecified atom stereocenters. The fraction of sp³-hybridized carbons (Fsp3) is 0.167. The van der Waals surface area contributed by atoms with Gasteiger partial charge in [0.2, 0.25) is 5.91 Å². The predicted molar refractivity (Wildman–Crippen MR) is 62.0 cm³/mol. The van der Waals surface area contributed by atoms with Crippen LogP contribution in [0.5, 0.6) is 0 Å². The first-order valence-electron chi connectivity index (χ1n) is 4.97. The van der Waals surface area contributed by atoms with Crippen molar-refractivity contribution in [2.75, 3.05) is 13.1 Å². The first-order valence-corrected chi connectivity index (χ1v) is 4.97. The Kier molecular flexibility index (Phi) is 4.79. The molecule has 1 aromatic carbocycles. The number of hydrogen-bond acceptors (Lipinski definition) is 2. The van der Waals surface area contributed by atoms with Crippen molar-refractivity contribution in [3.8, 4) is 0 Å². The van der Waals surface area contributed by atoms with Crippen LogP contribution in [0.1, 0.15) is 10.4 Å². The predicted octanol–water partition coefficient (Wildman–Crippen LogP) is 0.719. The summed E-state index contributed by atoms with van der Waals surface area (Å²) in [4.78, 5) is 22.3. The van der Waals surface area contributed by atoms with Gasteiger partial charge >= 0.3 is 0 Å². The van der Waals surface area contributed by atoms with Crippen LogP contribution < -0.4 is 10.6 Å². The van der Waals surface area contributed by atoms with E-state index in [0.717, 1.165) is 0 Å². The Labute approximate surface area is 94.4 Å². The lowest BCUT2D eigenvalue weighted by Gasteiger charge is -2.05. The van der Waals surface area contributed by atoms with E-state index in [4.69, 9.17) is 0 Å². The van der Waals surface area contributed by atoms with E-state index in [2.05, 4.69) is 17.2 Å². The second kappa shape index (κ2) is 6.40. The molecule has 1 rings (SSSR count). The number of rotatable bonds is 5. The fourth-order valence-electron chi connectivity index (χ4n) is 1.13. The molecule has 0 spiro atoms. The van der Waals surface area contributed by atoms with Gasteiger partial charge in [0.15, 0.2) is 0 Å². The summed E-state index contributed by atoms with van der Waals surface area (Å²) >= 11 is 0. The third kappa shape index (κ3) is 3.96. The van der Waals surface area contributed by atoms with Crippen molar-refractivity contribution in [1.82, 2.24) is 10.6 Å². The molecule has 16 heavy (non-hydrogen) atoms. The highest BCUT2D eigenvalue weighted by molar-refractivity contribution is 5.94. The molecule has 4 nitrogen and oxygen atoms in total. The lowest BCUT2D eigenvalue weighted by molar-refractivity contribution is -0.116. The normalized spacial score (nSPS) is 9.25. The monoisotopic (exact) mass is 218 g/mol. The number of amides is 2. The largest absolute Gasteiger partial charge is 0.351 e. The molecule has 0 bridgehead atoms. The van der Waals surface area contributed by atoms with Gasteiger partial charge in [-0.1, -0.05) is 24.8 Å². The highest BCUT2D eigenvalue weighted by atomic mass is 16.2. The van der Waals surface area contributed by atoms with E-state index in [1.54, 1.807) is 24.3 Å². The Bertz CT molecular complexity index is 374. The molecule has 0 saturated heterocycles. The molecular formula is C12H14N2O2. The Morgan fingerprint density at radius 2 is 1.75 bits per heavy atom. The molecule has 0 aliphatic heterocycles. The van der Waals surface area contributed by atoms with E-state index in [9.17, 15) is 9.59 Å². The van der Waals surface area contributed by atoms with Crippen molar-refractivity contribution < 1.29 is 9.59 Å². The van der Waals surface area contributed by atoms with Crippen LogP contribution in [0.15, 0.2) is 43.0 Å². The van der Waals surface area contributed by atoms with Crippen LogP contribution in [0.4, 0.5) is 0 Å². The molecule has 2 amide bonds. The number of carbonyl (C=O) groups is 2. The highest BCUT2D eigenvalue weighted by Gasteiger charge is 2.02. The molecular weight excluding hydrogens is 204 g/mol. The third-order valence-electron chi connectivity index (χ3n) is 1.93. The molecule has 0 aliphatic rings. The molecule has 0 aliphatic carbocycles. The van der Waals surface area contributed by atoms with Crippen molar-refractivity contribution in [3.63, 3.8) is 0 Å². The van der Waals surface area contributed by atoms with Crippen LogP contribution in [0, 0.1) is 0 Å². The first kappa shape index (κ1) is 12.0. The topological polar surface area (TPSA) is 58.2 Å². The zero-order chi connectivity index (χ0) is 11.8. The van der Waals surface area contributed by atoms with Crippen molar-refractivity contribution in [2.45, 2.75) is 0 Å². The van der Waals surface area contributed by atoms with Crippen molar-refractivity contribution >= 4 is 11.8 Å². The lowest BCUT2D eigenvalue weighted by Crippen LogP contribution is -2.33. The molecule has 0 fully saturated rings. The van der Waals surface area contributed by atoms with Crippen LogP contribution in [0.3, 0.4) is 0 Å². The molecule has 0 aromatic heterocycles. The maximum atomic E-state index is 11.5. The van der Waals surface area contributed by atoms with E-state index in [-0.39, 0.29) is 11.8 Å². The summed E-state index contributed by atoms with van der Waals surface area (Å²) in [5, 5.41) is 5.26. The van der Waals surface area contributed by atoms with E-state index < -0.39 is 0 Å². The quantitative estimate of drug-likeness (QED) is 0.565. The smallest absolute Gasteiger partial charge is 0.251 e. The van der Waals surface area contributed by atoms with Gasteiger partial charge in [0.05, 0.1) is 0 Å². The van der Waals surface area contributed by atoms with E-state index in [1.807, 2.05) is 6.07 Å². The van der Waals surface area contributed by atoms with Crippen LogP contribution in [-0.2, 0) is 4.79 Å². The summed E-state index contributed by atoms with van der Waals surface area (Å²) in [6.07, 6.45) is 1.19. The Balaban J connectivity index is 2.26. The minimum atomic E-state index is -0.242. The van der Waals surface area contributed by atoms with Crippen LogP contribution in [0.2, 0.25) is 0 Å². The van der Waals surface area contributed by atoms with E-state index in [0.29, 0.717) is 18.7 Å². The van der Waals surface area contributed by atoms with Gasteiger partial charge in [0.1, 0.15) is 0 Å². The van der Waals surface area contributed by atoms with Crippen molar-refractivity contribution in [3.05, 3.63) is 48.6 Å². The first-order chi connectivity index (χ1) is 7.74. The SMILES string of the molecule is C=CC(=O)NCCNC(=O)c1ccccc1. The zero-order valence-electron chi connectivity index (χ0n) is 8.90. The summed E-state index contributed by atoms with van der Waals surface area (Å²) in [5.41, 5.74) is 0.609. The number of benzene rings is 1. The van der Waals surface area contributed by atoms with Gasteiger partial charge < -0.3 is 10.6 Å². The van der Waals surface area contributed by atoms with Gasteiger partial charge in [-0.15, -0.1) is 0 Å². The van der Waals surface area contributed by atoms with Crippen LogP contribution >= 0.6 is 0 Å². The van der Waals surface area contributed by atoms with E-state index >= 15 is 0 Å². The van der Waals surface area contributed by atoms with Gasteiger partial charge in [0.25, 0.3) is 5.91 Å². The minimum absolute atomic E-state index is 0.145. The number of carbonyl (C=O) groups excluding carboxylic acids is 2. The zero-order valence-corrected chi connectivity index (χ0v) is 8.90. The molecule has 0 atom stereocenters. The van der Waals surface area contributed by atoms with Gasteiger partial charge in [-0.3, -0.25) is 9.59 Å². The molecule has 0 radical (unpaired) electrons. The molecule has 0 saturated carbocycles. The lowest BCUT2D eigenvalue weighted by atomic mass is 10.2. The second-order valence-corrected chi connectivity index (χ2v) is 3.12. The molecule has 2 N–H and O–H groups in total. The molecule has 0 heterocycles. The third-order valence-corrected chi connectivity index (χ3v) is 1.93. The molecule has 1 aromatic rings. The van der Waals surface area contributed by atoms with E-state index in [1.165, 1.54) is 6.08 Å². The van der Waals surface area contributed by atoms with Crippen LogP contribution in [0.25, 0.3) is 0 Å². The standard InChI is InChI=1S/C12H14N2O2/c1-2-11(15)13-8-9-14-12(16)10-6-4-3-5-7-10/h2-7H,1,8-9H2,(H,13,15)(H,14,16). The Morgan fingerprint density at radius 1 is 1.12 bits per heavy atom. The highest BCUT2D eigenvalue weighted by Crippen LogP contribution is 1.96. The van der Waals surface area contributed by atoms with Crippen LogP contribution in [-0.4, -0.2) is 24.9 Å². The maximum Gasteiger partial charge on any atom is 0.251 e. The van der Waals surface area contributed by atoms with Gasteiger partial charge in [-0.2, -0.15) is 0 Å². The fourth-order valence-corrected chi connectivity index (χ4v) is 1.13. The summed E-state index contributed by atoms with van der Waals surface area (Å²) in [6, 6.07) is 8.92. The van der Waals surface area contributed by atoms with Gasteiger partial charge in [0, 0.05) is 18.7 Å². The average Bonchev–Trinajstić information content (AvgIpc) is 2.35. The van der Waals surface area contributed by atoms with Crippen molar-refractivity contribution in [1.29, 1.82) is 0 Å². The number of hydrogen-bond donors (Lipinski definition) is 2. The van der Waals surface area contributed by atoms with Gasteiger partial charge in [-0.25, -0.2) is 0 Å². The average molecular weight is 218 g/mol. The summed E-state index contributed by atoms with van der Waals surface area (Å²) in [6.45, 7) is 4.11. The second-order valence-electron chi connectivity index (χ2n) is 3.12. The maximum absolute atomic E-state index is 11.5. The summed E-state index contributed by atoms with van der Waals surface area (Å²) < 4.78 is 0. The Hall–Kier alpha value is -2.10. The van der Waals surface area contributed by atoms with Gasteiger partial charge in [-0.05, 0) is 18.2 Å². The minimum Gasteiger partial charge on any atom is -0.351 e. The molecule has 84 valence electrons. The summed E-state index contributed by atoms with van der Waals surface area (Å²) in [5.74, 6) is -0.387. The van der Waals surface area contributed by atoms with Crippen molar-refractivity contribution in [2.24, 2.45) is 0 Å². The molecule has 4 heteroatoms. The summed E-state index contributed by atoms with van der Waals surface area (Å²) in [7, 11) is 0. The number of nitrogens with one attached hydrogen (secondary N) is 2.